The average Bonchev–Trinajstić information content (AvgIpc) is 2.80. The Morgan fingerprint density at radius 2 is 2.29 bits per heavy atom. The summed E-state index contributed by atoms with van der Waals surface area (Å²) in [5, 5.41) is 3.32. The molecule has 2 heterocycles. The van der Waals surface area contributed by atoms with Crippen molar-refractivity contribution in [2.45, 2.75) is 19.4 Å². The van der Waals surface area contributed by atoms with Gasteiger partial charge in [0.05, 0.1) is 18.1 Å². The number of imidazole rings is 1. The molecule has 3 rings (SSSR count). The monoisotopic (exact) mass is 231 g/mol. The number of aromatic amines is 1. The molecule has 0 amide bonds. The molecule has 3 nitrogen and oxygen atoms in total. The Labute approximate surface area is 99.1 Å². The second kappa shape index (κ2) is 3.96. The van der Waals surface area contributed by atoms with Crippen LogP contribution in [0.15, 0.2) is 24.5 Å². The number of hydrogen-bond acceptors (Lipinski definition) is 2. The second-order valence-electron chi connectivity index (χ2n) is 4.43. The summed E-state index contributed by atoms with van der Waals surface area (Å²) < 4.78 is 13.9. The number of aryl methyl sites for hydroxylation is 1. The zero-order chi connectivity index (χ0) is 11.8. The van der Waals surface area contributed by atoms with Gasteiger partial charge in [-0.3, -0.25) is 0 Å². The van der Waals surface area contributed by atoms with Gasteiger partial charge in [0, 0.05) is 24.2 Å². The van der Waals surface area contributed by atoms with Crippen LogP contribution in [0.5, 0.6) is 0 Å². The Balaban J connectivity index is 2.09. The van der Waals surface area contributed by atoms with E-state index in [9.17, 15) is 4.39 Å². The molecule has 88 valence electrons. The first-order valence-electron chi connectivity index (χ1n) is 5.77. The van der Waals surface area contributed by atoms with Gasteiger partial charge in [0.2, 0.25) is 0 Å². The van der Waals surface area contributed by atoms with Crippen LogP contribution in [0.1, 0.15) is 28.6 Å². The minimum absolute atomic E-state index is 0.134. The summed E-state index contributed by atoms with van der Waals surface area (Å²) in [4.78, 5) is 7.42. The molecular weight excluding hydrogens is 217 g/mol. The van der Waals surface area contributed by atoms with Crippen molar-refractivity contribution in [1.82, 2.24) is 15.3 Å². The fourth-order valence-electron chi connectivity index (χ4n) is 2.36. The molecule has 0 saturated carbocycles. The predicted molar refractivity (Wildman–Crippen MR) is 63.3 cm³/mol. The molecule has 17 heavy (non-hydrogen) atoms. The van der Waals surface area contributed by atoms with Gasteiger partial charge in [-0.1, -0.05) is 17.7 Å². The molecule has 0 radical (unpaired) electrons. The van der Waals surface area contributed by atoms with Crippen molar-refractivity contribution in [1.29, 1.82) is 0 Å². The molecule has 0 unspecified atom stereocenters. The molecule has 1 aromatic heterocycles. The van der Waals surface area contributed by atoms with E-state index >= 15 is 0 Å². The van der Waals surface area contributed by atoms with E-state index in [1.54, 1.807) is 12.4 Å². The van der Waals surface area contributed by atoms with Crippen LogP contribution < -0.4 is 5.32 Å². The van der Waals surface area contributed by atoms with Crippen molar-refractivity contribution < 1.29 is 4.39 Å². The SMILES string of the molecule is Cc1ccc(F)c([C@H]2NCCc3[nH]cnc32)c1. The van der Waals surface area contributed by atoms with Crippen molar-refractivity contribution in [3.8, 4) is 0 Å². The lowest BCUT2D eigenvalue weighted by Gasteiger charge is -2.24. The first-order valence-corrected chi connectivity index (χ1v) is 5.77. The van der Waals surface area contributed by atoms with Gasteiger partial charge in [-0.2, -0.15) is 0 Å². The average molecular weight is 231 g/mol. The van der Waals surface area contributed by atoms with Gasteiger partial charge in [-0.15, -0.1) is 0 Å². The summed E-state index contributed by atoms with van der Waals surface area (Å²) in [5.74, 6) is -0.177. The Kier molecular flexibility index (Phi) is 2.44. The largest absolute Gasteiger partial charge is 0.348 e. The number of halogens is 1. The Hall–Kier alpha value is -1.68. The van der Waals surface area contributed by atoms with Crippen LogP contribution in [0.4, 0.5) is 4.39 Å². The number of fused-ring (bicyclic) bond motifs is 1. The van der Waals surface area contributed by atoms with E-state index in [0.29, 0.717) is 5.56 Å². The first-order chi connectivity index (χ1) is 8.25. The molecule has 2 aromatic rings. The van der Waals surface area contributed by atoms with E-state index in [2.05, 4.69) is 15.3 Å². The molecule has 0 spiro atoms. The highest BCUT2D eigenvalue weighted by molar-refractivity contribution is 5.35. The maximum absolute atomic E-state index is 13.9. The summed E-state index contributed by atoms with van der Waals surface area (Å²) in [7, 11) is 0. The van der Waals surface area contributed by atoms with Gasteiger partial charge >= 0.3 is 0 Å². The molecule has 0 aliphatic carbocycles. The van der Waals surface area contributed by atoms with Crippen LogP contribution in [0.25, 0.3) is 0 Å². The van der Waals surface area contributed by atoms with Gasteiger partial charge < -0.3 is 10.3 Å². The zero-order valence-corrected chi connectivity index (χ0v) is 9.63. The number of aromatic nitrogens is 2. The van der Waals surface area contributed by atoms with Crippen molar-refractivity contribution in [3.05, 3.63) is 52.9 Å². The molecule has 1 atom stereocenters. The van der Waals surface area contributed by atoms with Crippen LogP contribution in [0, 0.1) is 12.7 Å². The van der Waals surface area contributed by atoms with Gasteiger partial charge in [0.15, 0.2) is 0 Å². The fourth-order valence-corrected chi connectivity index (χ4v) is 2.36. The molecule has 1 aliphatic rings. The predicted octanol–water partition coefficient (Wildman–Crippen LogP) is 2.09. The summed E-state index contributed by atoms with van der Waals surface area (Å²) in [6.07, 6.45) is 2.59. The molecule has 4 heteroatoms. The maximum atomic E-state index is 13.9. The summed E-state index contributed by atoms with van der Waals surface area (Å²) in [6.45, 7) is 2.81. The standard InChI is InChI=1S/C13H14FN3/c1-8-2-3-10(14)9(6-8)12-13-11(4-5-15-12)16-7-17-13/h2-3,6-7,12,15H,4-5H2,1H3,(H,16,17)/t12-/m1/s1. The van der Waals surface area contributed by atoms with Gasteiger partial charge in [0.25, 0.3) is 0 Å². The van der Waals surface area contributed by atoms with Gasteiger partial charge in [-0.05, 0) is 13.0 Å². The van der Waals surface area contributed by atoms with Crippen LogP contribution in [0.2, 0.25) is 0 Å². The topological polar surface area (TPSA) is 40.7 Å². The summed E-state index contributed by atoms with van der Waals surface area (Å²) in [6, 6.07) is 5.06. The lowest BCUT2D eigenvalue weighted by molar-refractivity contribution is 0.518. The number of hydrogen-bond donors (Lipinski definition) is 2. The molecule has 0 bridgehead atoms. The van der Waals surface area contributed by atoms with Crippen molar-refractivity contribution in [2.75, 3.05) is 6.54 Å². The summed E-state index contributed by atoms with van der Waals surface area (Å²) in [5.41, 5.74) is 3.76. The molecule has 0 saturated heterocycles. The second-order valence-corrected chi connectivity index (χ2v) is 4.43. The van der Waals surface area contributed by atoms with Crippen molar-refractivity contribution >= 4 is 0 Å². The smallest absolute Gasteiger partial charge is 0.128 e. The van der Waals surface area contributed by atoms with Crippen molar-refractivity contribution in [2.24, 2.45) is 0 Å². The fraction of sp³-hybridized carbons (Fsp3) is 0.308. The first kappa shape index (κ1) is 10.5. The Morgan fingerprint density at radius 3 is 3.18 bits per heavy atom. The maximum Gasteiger partial charge on any atom is 0.128 e. The number of H-pyrrole nitrogens is 1. The van der Waals surface area contributed by atoms with Crippen LogP contribution in [-0.2, 0) is 6.42 Å². The third kappa shape index (κ3) is 1.74. The van der Waals surface area contributed by atoms with Crippen molar-refractivity contribution in [3.63, 3.8) is 0 Å². The van der Waals surface area contributed by atoms with Crippen LogP contribution >= 0.6 is 0 Å². The highest BCUT2D eigenvalue weighted by Crippen LogP contribution is 2.28. The van der Waals surface area contributed by atoms with E-state index in [1.165, 1.54) is 6.07 Å². The molecule has 0 fully saturated rings. The molecule has 1 aromatic carbocycles. The third-order valence-electron chi connectivity index (χ3n) is 3.21. The van der Waals surface area contributed by atoms with Gasteiger partial charge in [0.1, 0.15) is 5.82 Å². The lowest BCUT2D eigenvalue weighted by Crippen LogP contribution is -2.31. The van der Waals surface area contributed by atoms with Crippen LogP contribution in [-0.4, -0.2) is 16.5 Å². The highest BCUT2D eigenvalue weighted by Gasteiger charge is 2.25. The number of rotatable bonds is 1. The number of nitrogens with zero attached hydrogens (tertiary/aromatic N) is 1. The quantitative estimate of drug-likeness (QED) is 0.789. The zero-order valence-electron chi connectivity index (χ0n) is 9.63. The Bertz CT molecular complexity index is 547. The van der Waals surface area contributed by atoms with Crippen LogP contribution in [0.3, 0.4) is 0 Å². The van der Waals surface area contributed by atoms with E-state index in [0.717, 1.165) is 29.9 Å². The minimum atomic E-state index is -0.177. The van der Waals surface area contributed by atoms with E-state index < -0.39 is 0 Å². The normalized spacial score (nSPS) is 19.1. The number of benzene rings is 1. The Morgan fingerprint density at radius 1 is 1.41 bits per heavy atom. The third-order valence-corrected chi connectivity index (χ3v) is 3.21. The lowest BCUT2D eigenvalue weighted by atomic mass is 9.96. The molecular formula is C13H14FN3. The van der Waals surface area contributed by atoms with E-state index in [1.807, 2.05) is 13.0 Å². The number of nitrogens with one attached hydrogen (secondary N) is 2. The molecule has 2 N–H and O–H groups in total. The highest BCUT2D eigenvalue weighted by atomic mass is 19.1. The summed E-state index contributed by atoms with van der Waals surface area (Å²) >= 11 is 0. The molecule has 1 aliphatic heterocycles. The van der Waals surface area contributed by atoms with E-state index in [-0.39, 0.29) is 11.9 Å². The minimum Gasteiger partial charge on any atom is -0.348 e. The van der Waals surface area contributed by atoms with Gasteiger partial charge in [-0.25, -0.2) is 9.37 Å². The van der Waals surface area contributed by atoms with E-state index in [4.69, 9.17) is 0 Å².